The number of ether oxygens (including phenoxy) is 3. The first kappa shape index (κ1) is 14.4. The van der Waals surface area contributed by atoms with Crippen LogP contribution in [0.3, 0.4) is 0 Å². The SMILES string of the molecule is C=C(C)C(=O)OC=C(OC1=CCCC1)OC1=CCCC1. The molecule has 0 radical (unpaired) electrons. The Balaban J connectivity index is 1.99. The van der Waals surface area contributed by atoms with E-state index in [9.17, 15) is 4.79 Å². The molecule has 2 aliphatic rings. The fraction of sp³-hybridized carbons (Fsp3) is 0.438. The maximum atomic E-state index is 11.4. The Morgan fingerprint density at radius 1 is 1.15 bits per heavy atom. The summed E-state index contributed by atoms with van der Waals surface area (Å²) in [7, 11) is 0. The first-order chi connectivity index (χ1) is 9.65. The maximum absolute atomic E-state index is 11.4. The van der Waals surface area contributed by atoms with Gasteiger partial charge in [-0.25, -0.2) is 4.79 Å². The van der Waals surface area contributed by atoms with Crippen LogP contribution in [0.15, 0.2) is 48.0 Å². The first-order valence-electron chi connectivity index (χ1n) is 6.95. The minimum Gasteiger partial charge on any atom is -0.429 e. The summed E-state index contributed by atoms with van der Waals surface area (Å²) in [4.78, 5) is 11.4. The molecule has 0 amide bonds. The lowest BCUT2D eigenvalue weighted by Crippen LogP contribution is -2.03. The molecule has 0 saturated heterocycles. The molecule has 2 rings (SSSR count). The van der Waals surface area contributed by atoms with Gasteiger partial charge < -0.3 is 14.2 Å². The van der Waals surface area contributed by atoms with E-state index >= 15 is 0 Å². The average Bonchev–Trinajstić information content (AvgIpc) is 3.08. The van der Waals surface area contributed by atoms with E-state index in [0.717, 1.165) is 50.0 Å². The normalized spacial score (nSPS) is 17.1. The van der Waals surface area contributed by atoms with Gasteiger partial charge in [-0.3, -0.25) is 0 Å². The summed E-state index contributed by atoms with van der Waals surface area (Å²) in [6, 6.07) is 0. The van der Waals surface area contributed by atoms with Crippen LogP contribution in [0.2, 0.25) is 0 Å². The molecule has 0 saturated carbocycles. The zero-order valence-electron chi connectivity index (χ0n) is 11.8. The van der Waals surface area contributed by atoms with Gasteiger partial charge in [0.25, 0.3) is 0 Å². The van der Waals surface area contributed by atoms with Gasteiger partial charge >= 0.3 is 11.9 Å². The number of hydrogen-bond donors (Lipinski definition) is 0. The molecule has 0 aromatic heterocycles. The Bertz CT molecular complexity index is 455. The van der Waals surface area contributed by atoms with Crippen molar-refractivity contribution >= 4 is 5.97 Å². The molecule has 20 heavy (non-hydrogen) atoms. The van der Waals surface area contributed by atoms with Gasteiger partial charge in [0.2, 0.25) is 0 Å². The number of allylic oxidation sites excluding steroid dienone is 4. The Kier molecular flexibility index (Phi) is 5.04. The monoisotopic (exact) mass is 276 g/mol. The van der Waals surface area contributed by atoms with Gasteiger partial charge in [0, 0.05) is 18.4 Å². The van der Waals surface area contributed by atoms with Gasteiger partial charge in [0.1, 0.15) is 11.5 Å². The first-order valence-corrected chi connectivity index (χ1v) is 6.95. The van der Waals surface area contributed by atoms with Crippen molar-refractivity contribution in [2.75, 3.05) is 0 Å². The second kappa shape index (κ2) is 6.98. The predicted octanol–water partition coefficient (Wildman–Crippen LogP) is 4.07. The fourth-order valence-corrected chi connectivity index (χ4v) is 2.00. The number of esters is 1. The number of hydrogen-bond acceptors (Lipinski definition) is 4. The zero-order chi connectivity index (χ0) is 14.4. The van der Waals surface area contributed by atoms with E-state index in [1.54, 1.807) is 6.92 Å². The van der Waals surface area contributed by atoms with E-state index in [-0.39, 0.29) is 5.95 Å². The second-order valence-electron chi connectivity index (χ2n) is 4.95. The van der Waals surface area contributed by atoms with Gasteiger partial charge in [-0.05, 0) is 44.8 Å². The molecule has 0 N–H and O–H groups in total. The Hall–Kier alpha value is -1.97. The molecule has 0 aromatic carbocycles. The number of carbonyl (C=O) groups is 1. The summed E-state index contributed by atoms with van der Waals surface area (Å²) in [5, 5.41) is 0. The Morgan fingerprint density at radius 2 is 1.70 bits per heavy atom. The molecule has 0 bridgehead atoms. The van der Waals surface area contributed by atoms with E-state index in [1.165, 1.54) is 6.26 Å². The third kappa shape index (κ3) is 4.30. The molecular formula is C16H20O4. The fourth-order valence-electron chi connectivity index (χ4n) is 2.00. The third-order valence-electron chi connectivity index (χ3n) is 3.07. The molecule has 4 heteroatoms. The van der Waals surface area contributed by atoms with Gasteiger partial charge in [0.05, 0.1) is 0 Å². The summed E-state index contributed by atoms with van der Waals surface area (Å²) in [5.74, 6) is 1.44. The van der Waals surface area contributed by atoms with Crippen LogP contribution in [0, 0.1) is 0 Å². The van der Waals surface area contributed by atoms with E-state index in [2.05, 4.69) is 6.58 Å². The number of carbonyl (C=O) groups excluding carboxylic acids is 1. The maximum Gasteiger partial charge on any atom is 0.338 e. The lowest BCUT2D eigenvalue weighted by Gasteiger charge is -2.12. The zero-order valence-corrected chi connectivity index (χ0v) is 11.8. The van der Waals surface area contributed by atoms with Crippen LogP contribution in [0.1, 0.15) is 45.4 Å². The highest BCUT2D eigenvalue weighted by atomic mass is 16.7. The van der Waals surface area contributed by atoms with Crippen molar-refractivity contribution in [3.05, 3.63) is 48.0 Å². The predicted molar refractivity (Wildman–Crippen MR) is 75.0 cm³/mol. The molecule has 0 spiro atoms. The van der Waals surface area contributed by atoms with E-state index < -0.39 is 5.97 Å². The standard InChI is InChI=1S/C16H20O4/c1-12(2)16(17)18-11-15(19-13-7-3-4-8-13)20-14-9-5-6-10-14/h7,9,11H,1,3-6,8,10H2,2H3. The molecule has 108 valence electrons. The summed E-state index contributed by atoms with van der Waals surface area (Å²) in [6.07, 6.45) is 11.2. The molecule has 0 unspecified atom stereocenters. The van der Waals surface area contributed by atoms with Crippen LogP contribution in [0.4, 0.5) is 0 Å². The highest BCUT2D eigenvalue weighted by Crippen LogP contribution is 2.26. The van der Waals surface area contributed by atoms with Crippen LogP contribution >= 0.6 is 0 Å². The molecule has 4 nitrogen and oxygen atoms in total. The lowest BCUT2D eigenvalue weighted by molar-refractivity contribution is -0.134. The molecule has 0 fully saturated rings. The topological polar surface area (TPSA) is 44.8 Å². The van der Waals surface area contributed by atoms with E-state index in [0.29, 0.717) is 5.57 Å². The van der Waals surface area contributed by atoms with Crippen molar-refractivity contribution in [2.24, 2.45) is 0 Å². The van der Waals surface area contributed by atoms with Gasteiger partial charge in [0.15, 0.2) is 6.26 Å². The van der Waals surface area contributed by atoms with Crippen LogP contribution in [-0.4, -0.2) is 5.97 Å². The molecule has 0 heterocycles. The average molecular weight is 276 g/mol. The number of rotatable bonds is 6. The van der Waals surface area contributed by atoms with Gasteiger partial charge in [-0.1, -0.05) is 6.58 Å². The van der Waals surface area contributed by atoms with Crippen LogP contribution < -0.4 is 0 Å². The van der Waals surface area contributed by atoms with Crippen molar-refractivity contribution in [2.45, 2.75) is 45.4 Å². The summed E-state index contributed by atoms with van der Waals surface area (Å²) in [6.45, 7) is 5.13. The van der Waals surface area contributed by atoms with Crippen LogP contribution in [0.5, 0.6) is 0 Å². The van der Waals surface area contributed by atoms with Gasteiger partial charge in [-0.2, -0.15) is 0 Å². The van der Waals surface area contributed by atoms with E-state index in [1.807, 2.05) is 12.2 Å². The highest BCUT2D eigenvalue weighted by Gasteiger charge is 2.15. The van der Waals surface area contributed by atoms with Gasteiger partial charge in [-0.15, -0.1) is 0 Å². The summed E-state index contributed by atoms with van der Waals surface area (Å²) in [5.41, 5.74) is 0.334. The van der Waals surface area contributed by atoms with Crippen molar-refractivity contribution in [3.8, 4) is 0 Å². The minimum atomic E-state index is -0.490. The third-order valence-corrected chi connectivity index (χ3v) is 3.07. The quantitative estimate of drug-likeness (QED) is 0.416. The van der Waals surface area contributed by atoms with Crippen molar-refractivity contribution in [3.63, 3.8) is 0 Å². The molecule has 0 aromatic rings. The van der Waals surface area contributed by atoms with E-state index in [4.69, 9.17) is 14.2 Å². The molecule has 2 aliphatic carbocycles. The minimum absolute atomic E-state index is 0.209. The summed E-state index contributed by atoms with van der Waals surface area (Å²) >= 11 is 0. The Morgan fingerprint density at radius 3 is 2.10 bits per heavy atom. The molecule has 0 aliphatic heterocycles. The Labute approximate surface area is 119 Å². The lowest BCUT2D eigenvalue weighted by atomic mass is 10.3. The largest absolute Gasteiger partial charge is 0.429 e. The van der Waals surface area contributed by atoms with Crippen molar-refractivity contribution in [1.82, 2.24) is 0 Å². The molecule has 0 atom stereocenters. The molecular weight excluding hydrogens is 256 g/mol. The van der Waals surface area contributed by atoms with Crippen LogP contribution in [-0.2, 0) is 19.0 Å². The van der Waals surface area contributed by atoms with Crippen molar-refractivity contribution < 1.29 is 19.0 Å². The smallest absolute Gasteiger partial charge is 0.338 e. The van der Waals surface area contributed by atoms with Crippen molar-refractivity contribution in [1.29, 1.82) is 0 Å². The second-order valence-corrected chi connectivity index (χ2v) is 4.95. The summed E-state index contributed by atoms with van der Waals surface area (Å²) < 4.78 is 16.3. The van der Waals surface area contributed by atoms with Crippen LogP contribution in [0.25, 0.3) is 0 Å². The highest BCUT2D eigenvalue weighted by molar-refractivity contribution is 5.87.